The van der Waals surface area contributed by atoms with Crippen molar-refractivity contribution in [3.8, 4) is 0 Å². The Morgan fingerprint density at radius 1 is 1.46 bits per heavy atom. The fourth-order valence-electron chi connectivity index (χ4n) is 3.55. The van der Waals surface area contributed by atoms with Crippen molar-refractivity contribution in [3.05, 3.63) is 23.0 Å². The molecule has 1 saturated heterocycles. The summed E-state index contributed by atoms with van der Waals surface area (Å²) < 4.78 is 16.1. The van der Waals surface area contributed by atoms with Crippen molar-refractivity contribution in [2.24, 2.45) is 5.92 Å². The zero-order valence-corrected chi connectivity index (χ0v) is 14.0. The molecule has 7 nitrogen and oxygen atoms in total. The minimum atomic E-state index is -1.33. The fourth-order valence-corrected chi connectivity index (χ4v) is 3.55. The zero-order chi connectivity index (χ0) is 17.7. The van der Waals surface area contributed by atoms with Crippen molar-refractivity contribution in [1.29, 1.82) is 0 Å². The van der Waals surface area contributed by atoms with Crippen LogP contribution in [0.4, 0.5) is 0 Å². The quantitative estimate of drug-likeness (QED) is 0.723. The molecule has 3 rings (SSSR count). The zero-order valence-electron chi connectivity index (χ0n) is 14.0. The van der Waals surface area contributed by atoms with Gasteiger partial charge < -0.3 is 24.4 Å². The van der Waals surface area contributed by atoms with Gasteiger partial charge in [0.15, 0.2) is 5.79 Å². The third-order valence-corrected chi connectivity index (χ3v) is 4.97. The lowest BCUT2D eigenvalue weighted by atomic mass is 9.86. The van der Waals surface area contributed by atoms with E-state index in [1.807, 2.05) is 0 Å². The summed E-state index contributed by atoms with van der Waals surface area (Å²) in [5, 5.41) is 21.3. The van der Waals surface area contributed by atoms with Crippen molar-refractivity contribution < 1.29 is 34.0 Å². The predicted octanol–water partition coefficient (Wildman–Crippen LogP) is 0.945. The van der Waals surface area contributed by atoms with Crippen LogP contribution in [0.15, 0.2) is 23.0 Å². The number of fused-ring (bicyclic) bond motifs is 3. The summed E-state index contributed by atoms with van der Waals surface area (Å²) in [5.41, 5.74) is -0.358. The molecule has 3 aliphatic rings. The third kappa shape index (κ3) is 2.87. The lowest BCUT2D eigenvalue weighted by Gasteiger charge is -2.32. The standard InChI is InChI=1S/C17H22O7/c1-9-6-12(19)14-11(8-22-10(2)18)15(20)23-13(14)7-16(3)4-5-17(9,21)24-16/h7,9,12,19,21H,4-6,8H2,1-3H3/t9-,12+,16-,17+/m0/s1. The maximum absolute atomic E-state index is 12.1. The van der Waals surface area contributed by atoms with E-state index < -0.39 is 29.4 Å². The number of carbonyl (C=O) groups excluding carboxylic acids is 2. The van der Waals surface area contributed by atoms with Gasteiger partial charge in [-0.05, 0) is 25.8 Å². The van der Waals surface area contributed by atoms with Gasteiger partial charge in [-0.25, -0.2) is 4.79 Å². The Morgan fingerprint density at radius 2 is 2.17 bits per heavy atom. The number of hydrogen-bond acceptors (Lipinski definition) is 7. The average Bonchev–Trinajstić information content (AvgIpc) is 2.94. The van der Waals surface area contributed by atoms with Gasteiger partial charge in [-0.15, -0.1) is 0 Å². The van der Waals surface area contributed by atoms with Crippen LogP contribution in [0.25, 0.3) is 0 Å². The van der Waals surface area contributed by atoms with Crippen molar-refractivity contribution in [3.63, 3.8) is 0 Å². The largest absolute Gasteiger partial charge is 0.461 e. The molecule has 2 N–H and O–H groups in total. The molecule has 4 atom stereocenters. The van der Waals surface area contributed by atoms with Crippen LogP contribution in [0, 0.1) is 5.92 Å². The minimum absolute atomic E-state index is 0.129. The van der Waals surface area contributed by atoms with E-state index >= 15 is 0 Å². The first-order valence-corrected chi connectivity index (χ1v) is 8.06. The molecule has 0 aliphatic carbocycles. The van der Waals surface area contributed by atoms with E-state index in [1.54, 1.807) is 19.9 Å². The molecule has 0 saturated carbocycles. The molecule has 24 heavy (non-hydrogen) atoms. The highest BCUT2D eigenvalue weighted by atomic mass is 16.6. The molecular formula is C17H22O7. The summed E-state index contributed by atoms with van der Waals surface area (Å²) in [6, 6.07) is 0. The monoisotopic (exact) mass is 338 g/mol. The summed E-state index contributed by atoms with van der Waals surface area (Å²) in [6.07, 6.45) is 1.80. The number of rotatable bonds is 2. The van der Waals surface area contributed by atoms with E-state index in [4.69, 9.17) is 14.2 Å². The van der Waals surface area contributed by atoms with E-state index in [9.17, 15) is 19.8 Å². The van der Waals surface area contributed by atoms with Crippen LogP contribution in [0.2, 0.25) is 0 Å². The second-order valence-corrected chi connectivity index (χ2v) is 6.98. The van der Waals surface area contributed by atoms with Crippen molar-refractivity contribution >= 4 is 11.9 Å². The first-order valence-electron chi connectivity index (χ1n) is 8.06. The first-order chi connectivity index (χ1) is 11.1. The number of ether oxygens (including phenoxy) is 3. The maximum atomic E-state index is 12.1. The summed E-state index contributed by atoms with van der Waals surface area (Å²) in [5.74, 6) is -2.62. The molecule has 1 fully saturated rings. The normalized spacial score (nSPS) is 38.7. The molecule has 0 aromatic rings. The summed E-state index contributed by atoms with van der Waals surface area (Å²) in [6.45, 7) is 4.59. The number of carbonyl (C=O) groups is 2. The Morgan fingerprint density at radius 3 is 2.83 bits per heavy atom. The molecule has 3 aliphatic heterocycles. The Labute approximate surface area is 139 Å². The highest BCUT2D eigenvalue weighted by molar-refractivity contribution is 5.95. The van der Waals surface area contributed by atoms with Gasteiger partial charge in [0.25, 0.3) is 0 Å². The van der Waals surface area contributed by atoms with Crippen LogP contribution in [-0.2, 0) is 23.8 Å². The van der Waals surface area contributed by atoms with Gasteiger partial charge in [0.1, 0.15) is 12.4 Å². The molecule has 0 aromatic heterocycles. The molecule has 0 aromatic carbocycles. The van der Waals surface area contributed by atoms with E-state index in [0.29, 0.717) is 18.4 Å². The van der Waals surface area contributed by atoms with Gasteiger partial charge in [0.2, 0.25) is 0 Å². The molecule has 132 valence electrons. The third-order valence-electron chi connectivity index (χ3n) is 4.97. The molecule has 0 unspecified atom stereocenters. The molecule has 0 spiro atoms. The summed E-state index contributed by atoms with van der Waals surface area (Å²) in [7, 11) is 0. The number of esters is 2. The average molecular weight is 338 g/mol. The van der Waals surface area contributed by atoms with Crippen LogP contribution < -0.4 is 0 Å². The summed E-state index contributed by atoms with van der Waals surface area (Å²) in [4.78, 5) is 23.2. The predicted molar refractivity (Wildman–Crippen MR) is 81.3 cm³/mol. The highest BCUT2D eigenvalue weighted by Crippen LogP contribution is 2.47. The number of aliphatic hydroxyl groups is 2. The van der Waals surface area contributed by atoms with E-state index in [1.165, 1.54) is 6.92 Å². The minimum Gasteiger partial charge on any atom is -0.461 e. The van der Waals surface area contributed by atoms with Crippen LogP contribution in [0.3, 0.4) is 0 Å². The summed E-state index contributed by atoms with van der Waals surface area (Å²) >= 11 is 0. The lowest BCUT2D eigenvalue weighted by Crippen LogP contribution is -2.39. The van der Waals surface area contributed by atoms with Crippen molar-refractivity contribution in [2.75, 3.05) is 6.61 Å². The van der Waals surface area contributed by atoms with Gasteiger partial charge in [-0.1, -0.05) is 6.92 Å². The Hall–Kier alpha value is -1.70. The lowest BCUT2D eigenvalue weighted by molar-refractivity contribution is -0.238. The number of aliphatic hydroxyl groups excluding tert-OH is 1. The van der Waals surface area contributed by atoms with Gasteiger partial charge in [-0.2, -0.15) is 0 Å². The highest BCUT2D eigenvalue weighted by Gasteiger charge is 2.51. The van der Waals surface area contributed by atoms with Crippen molar-refractivity contribution in [2.45, 2.75) is 57.5 Å². The molecule has 0 radical (unpaired) electrons. The van der Waals surface area contributed by atoms with E-state index in [0.717, 1.165) is 0 Å². The molecule has 7 heteroatoms. The second kappa shape index (κ2) is 5.68. The van der Waals surface area contributed by atoms with E-state index in [-0.39, 0.29) is 30.3 Å². The molecule has 2 bridgehead atoms. The topological polar surface area (TPSA) is 102 Å². The SMILES string of the molecule is CC(=O)OCC1=C2C(=C[C@]3(C)CC[C@@](O)(O3)[C@@H](C)C[C@H]2O)OC1=O. The van der Waals surface area contributed by atoms with Crippen LogP contribution >= 0.6 is 0 Å². The first kappa shape index (κ1) is 17.1. The van der Waals surface area contributed by atoms with Gasteiger partial charge in [0.05, 0.1) is 17.3 Å². The molecular weight excluding hydrogens is 316 g/mol. The van der Waals surface area contributed by atoms with Crippen LogP contribution in [-0.4, -0.2) is 46.3 Å². The van der Waals surface area contributed by atoms with E-state index in [2.05, 4.69) is 0 Å². The fraction of sp³-hybridized carbons (Fsp3) is 0.647. The Balaban J connectivity index is 2.05. The Bertz CT molecular complexity index is 649. The van der Waals surface area contributed by atoms with Crippen molar-refractivity contribution in [1.82, 2.24) is 0 Å². The smallest absolute Gasteiger partial charge is 0.343 e. The van der Waals surface area contributed by atoms with Crippen LogP contribution in [0.1, 0.15) is 40.0 Å². The molecule has 3 heterocycles. The maximum Gasteiger partial charge on any atom is 0.343 e. The van der Waals surface area contributed by atoms with Crippen LogP contribution in [0.5, 0.6) is 0 Å². The van der Waals surface area contributed by atoms with Gasteiger partial charge in [-0.3, -0.25) is 4.79 Å². The van der Waals surface area contributed by atoms with Gasteiger partial charge >= 0.3 is 11.9 Å². The second-order valence-electron chi connectivity index (χ2n) is 6.98. The van der Waals surface area contributed by atoms with Gasteiger partial charge in [0, 0.05) is 24.8 Å². The number of hydrogen-bond donors (Lipinski definition) is 2. The Kier molecular flexibility index (Phi) is 4.06. The molecule has 0 amide bonds.